The van der Waals surface area contributed by atoms with E-state index >= 15 is 0 Å². The SMILES string of the molecule is CC1(C(=O)N(Cc2ccccc2)Cc2ccccc2)CCCCN1. The van der Waals surface area contributed by atoms with Gasteiger partial charge in [0, 0.05) is 13.1 Å². The normalized spacial score (nSPS) is 20.5. The summed E-state index contributed by atoms with van der Waals surface area (Å²) in [5.41, 5.74) is 1.89. The van der Waals surface area contributed by atoms with Crippen LogP contribution in [0.2, 0.25) is 0 Å². The lowest BCUT2D eigenvalue weighted by Crippen LogP contribution is -2.57. The second kappa shape index (κ2) is 7.63. The third-order valence-electron chi connectivity index (χ3n) is 4.81. The van der Waals surface area contributed by atoms with E-state index in [1.807, 2.05) is 41.3 Å². The average Bonchev–Trinajstić information content (AvgIpc) is 2.63. The van der Waals surface area contributed by atoms with E-state index in [-0.39, 0.29) is 5.91 Å². The average molecular weight is 322 g/mol. The molecular weight excluding hydrogens is 296 g/mol. The van der Waals surface area contributed by atoms with Gasteiger partial charge in [-0.15, -0.1) is 0 Å². The van der Waals surface area contributed by atoms with Gasteiger partial charge in [-0.2, -0.15) is 0 Å². The molecule has 3 nitrogen and oxygen atoms in total. The van der Waals surface area contributed by atoms with Gasteiger partial charge >= 0.3 is 0 Å². The molecule has 126 valence electrons. The fourth-order valence-corrected chi connectivity index (χ4v) is 3.39. The Hall–Kier alpha value is -2.13. The van der Waals surface area contributed by atoms with Gasteiger partial charge in [0.05, 0.1) is 5.54 Å². The van der Waals surface area contributed by atoms with Gasteiger partial charge in [-0.3, -0.25) is 4.79 Å². The zero-order valence-electron chi connectivity index (χ0n) is 14.4. The quantitative estimate of drug-likeness (QED) is 0.909. The molecule has 1 unspecified atom stereocenters. The van der Waals surface area contributed by atoms with E-state index in [0.717, 1.165) is 25.8 Å². The van der Waals surface area contributed by atoms with Crippen molar-refractivity contribution in [2.45, 2.75) is 44.8 Å². The fourth-order valence-electron chi connectivity index (χ4n) is 3.39. The second-order valence-electron chi connectivity index (χ2n) is 6.85. The number of nitrogens with zero attached hydrogens (tertiary/aromatic N) is 1. The van der Waals surface area contributed by atoms with E-state index in [0.29, 0.717) is 13.1 Å². The molecule has 1 heterocycles. The summed E-state index contributed by atoms with van der Waals surface area (Å²) < 4.78 is 0. The van der Waals surface area contributed by atoms with Crippen molar-refractivity contribution < 1.29 is 4.79 Å². The van der Waals surface area contributed by atoms with Crippen LogP contribution in [0.4, 0.5) is 0 Å². The molecule has 24 heavy (non-hydrogen) atoms. The van der Waals surface area contributed by atoms with E-state index in [9.17, 15) is 4.79 Å². The van der Waals surface area contributed by atoms with E-state index in [2.05, 4.69) is 36.5 Å². The number of hydrogen-bond acceptors (Lipinski definition) is 2. The van der Waals surface area contributed by atoms with Crippen molar-refractivity contribution in [1.82, 2.24) is 10.2 Å². The molecule has 0 saturated carbocycles. The molecule has 3 rings (SSSR count). The van der Waals surface area contributed by atoms with Crippen molar-refractivity contribution in [3.63, 3.8) is 0 Å². The Morgan fingerprint density at radius 3 is 1.96 bits per heavy atom. The summed E-state index contributed by atoms with van der Waals surface area (Å²) in [7, 11) is 0. The summed E-state index contributed by atoms with van der Waals surface area (Å²) in [6.45, 7) is 4.27. The van der Waals surface area contributed by atoms with E-state index in [1.54, 1.807) is 0 Å². The highest BCUT2D eigenvalue weighted by Crippen LogP contribution is 2.23. The lowest BCUT2D eigenvalue weighted by molar-refractivity contribution is -0.140. The molecule has 2 aromatic rings. The molecule has 1 N–H and O–H groups in total. The molecule has 0 aromatic heterocycles. The van der Waals surface area contributed by atoms with Crippen LogP contribution in [0.5, 0.6) is 0 Å². The first-order valence-corrected chi connectivity index (χ1v) is 8.80. The van der Waals surface area contributed by atoms with Crippen LogP contribution in [0.3, 0.4) is 0 Å². The topological polar surface area (TPSA) is 32.3 Å². The van der Waals surface area contributed by atoms with Crippen LogP contribution in [0.1, 0.15) is 37.3 Å². The molecule has 0 spiro atoms. The molecule has 1 fully saturated rings. The van der Waals surface area contributed by atoms with Crippen LogP contribution >= 0.6 is 0 Å². The minimum atomic E-state index is -0.443. The van der Waals surface area contributed by atoms with Crippen LogP contribution in [0, 0.1) is 0 Å². The second-order valence-corrected chi connectivity index (χ2v) is 6.85. The lowest BCUT2D eigenvalue weighted by atomic mass is 9.89. The number of amides is 1. The number of hydrogen-bond donors (Lipinski definition) is 1. The van der Waals surface area contributed by atoms with Gasteiger partial charge in [0.25, 0.3) is 0 Å². The highest BCUT2D eigenvalue weighted by molar-refractivity contribution is 5.86. The zero-order valence-corrected chi connectivity index (χ0v) is 14.4. The summed E-state index contributed by atoms with van der Waals surface area (Å²) in [6.07, 6.45) is 3.17. The summed E-state index contributed by atoms with van der Waals surface area (Å²) in [5, 5.41) is 3.46. The monoisotopic (exact) mass is 322 g/mol. The number of rotatable bonds is 5. The highest BCUT2D eigenvalue weighted by Gasteiger charge is 2.37. The molecule has 3 heteroatoms. The molecule has 2 aromatic carbocycles. The van der Waals surface area contributed by atoms with Gasteiger partial charge in [0.1, 0.15) is 0 Å². The molecule has 0 bridgehead atoms. The van der Waals surface area contributed by atoms with Crippen molar-refractivity contribution in [3.05, 3.63) is 71.8 Å². The van der Waals surface area contributed by atoms with Crippen molar-refractivity contribution in [2.75, 3.05) is 6.54 Å². The van der Waals surface area contributed by atoms with Gasteiger partial charge in [-0.25, -0.2) is 0 Å². The standard InChI is InChI=1S/C21H26N2O/c1-21(14-8-9-15-22-21)20(24)23(16-18-10-4-2-5-11-18)17-19-12-6-3-7-13-19/h2-7,10-13,22H,8-9,14-17H2,1H3. The molecule has 1 amide bonds. The predicted octanol–water partition coefficient (Wildman–Crippen LogP) is 3.75. The summed E-state index contributed by atoms with van der Waals surface area (Å²) in [6, 6.07) is 20.5. The van der Waals surface area contributed by atoms with Gasteiger partial charge in [0.15, 0.2) is 0 Å². The van der Waals surface area contributed by atoms with Crippen LogP contribution in [0.15, 0.2) is 60.7 Å². The minimum absolute atomic E-state index is 0.204. The Bertz CT molecular complexity index is 607. The maximum absolute atomic E-state index is 13.3. The molecule has 1 aliphatic heterocycles. The molecule has 1 aliphatic rings. The third kappa shape index (κ3) is 4.04. The maximum atomic E-state index is 13.3. The van der Waals surface area contributed by atoms with Gasteiger partial charge in [-0.1, -0.05) is 60.7 Å². The Labute approximate surface area is 144 Å². The fraction of sp³-hybridized carbons (Fsp3) is 0.381. The first kappa shape index (κ1) is 16.7. The smallest absolute Gasteiger partial charge is 0.243 e. The summed E-state index contributed by atoms with van der Waals surface area (Å²) >= 11 is 0. The van der Waals surface area contributed by atoms with Gasteiger partial charge in [0.2, 0.25) is 5.91 Å². The Balaban J connectivity index is 1.82. The zero-order chi connectivity index (χ0) is 16.8. The number of piperidine rings is 1. The first-order chi connectivity index (χ1) is 11.7. The Morgan fingerprint density at radius 2 is 1.50 bits per heavy atom. The van der Waals surface area contributed by atoms with Crippen molar-refractivity contribution in [3.8, 4) is 0 Å². The first-order valence-electron chi connectivity index (χ1n) is 8.80. The van der Waals surface area contributed by atoms with Crippen molar-refractivity contribution in [1.29, 1.82) is 0 Å². The minimum Gasteiger partial charge on any atom is -0.332 e. The largest absolute Gasteiger partial charge is 0.332 e. The van der Waals surface area contributed by atoms with Crippen LogP contribution < -0.4 is 5.32 Å². The summed E-state index contributed by atoms with van der Waals surface area (Å²) in [5.74, 6) is 0.204. The third-order valence-corrected chi connectivity index (χ3v) is 4.81. The number of benzene rings is 2. The molecule has 0 radical (unpaired) electrons. The van der Waals surface area contributed by atoms with Crippen molar-refractivity contribution >= 4 is 5.91 Å². The van der Waals surface area contributed by atoms with Crippen molar-refractivity contribution in [2.24, 2.45) is 0 Å². The number of carbonyl (C=O) groups excluding carboxylic acids is 1. The summed E-state index contributed by atoms with van der Waals surface area (Å²) in [4.78, 5) is 15.3. The van der Waals surface area contributed by atoms with Gasteiger partial charge in [-0.05, 0) is 43.9 Å². The van der Waals surface area contributed by atoms with Crippen LogP contribution in [0.25, 0.3) is 0 Å². The number of nitrogens with one attached hydrogen (secondary N) is 1. The van der Waals surface area contributed by atoms with Crippen LogP contribution in [-0.4, -0.2) is 22.9 Å². The molecular formula is C21H26N2O. The highest BCUT2D eigenvalue weighted by atomic mass is 16.2. The molecule has 1 saturated heterocycles. The number of carbonyl (C=O) groups is 1. The Morgan fingerprint density at radius 1 is 0.958 bits per heavy atom. The van der Waals surface area contributed by atoms with E-state index in [4.69, 9.17) is 0 Å². The maximum Gasteiger partial charge on any atom is 0.243 e. The predicted molar refractivity (Wildman–Crippen MR) is 97.4 cm³/mol. The lowest BCUT2D eigenvalue weighted by Gasteiger charge is -2.38. The van der Waals surface area contributed by atoms with Crippen LogP contribution in [-0.2, 0) is 17.9 Å². The van der Waals surface area contributed by atoms with E-state index in [1.165, 1.54) is 11.1 Å². The molecule has 0 aliphatic carbocycles. The molecule has 1 atom stereocenters. The van der Waals surface area contributed by atoms with E-state index < -0.39 is 5.54 Å². The van der Waals surface area contributed by atoms with Gasteiger partial charge < -0.3 is 10.2 Å². The Kier molecular flexibility index (Phi) is 5.31.